The summed E-state index contributed by atoms with van der Waals surface area (Å²) in [6.07, 6.45) is 0. The molecule has 7 nitrogen and oxygen atoms in total. The van der Waals surface area contributed by atoms with Crippen molar-refractivity contribution in [2.45, 2.75) is 6.54 Å². The van der Waals surface area contributed by atoms with Crippen LogP contribution in [0.1, 0.15) is 5.56 Å². The van der Waals surface area contributed by atoms with Crippen molar-refractivity contribution in [1.82, 2.24) is 5.32 Å². The van der Waals surface area contributed by atoms with Gasteiger partial charge in [-0.15, -0.1) is 0 Å². The molecule has 0 spiro atoms. The largest absolute Gasteiger partial charge is 0.495 e. The molecule has 0 atom stereocenters. The van der Waals surface area contributed by atoms with Crippen LogP contribution in [0.4, 0.5) is 5.69 Å². The Hall–Kier alpha value is -2.93. The van der Waals surface area contributed by atoms with Crippen molar-refractivity contribution in [3.63, 3.8) is 0 Å². The Labute approximate surface area is 172 Å². The van der Waals surface area contributed by atoms with Crippen LogP contribution in [0.2, 0.25) is 0 Å². The summed E-state index contributed by atoms with van der Waals surface area (Å²) in [5, 5.41) is 3.01. The average molecular weight is 400 g/mol. The number of ether oxygens (including phenoxy) is 3. The maximum atomic E-state index is 12.4. The molecule has 7 heteroatoms. The normalized spacial score (nSPS) is 14.4. The number of piperazine rings is 1. The van der Waals surface area contributed by atoms with Crippen LogP contribution in [0.5, 0.6) is 17.2 Å². The molecule has 0 aliphatic carbocycles. The van der Waals surface area contributed by atoms with Crippen LogP contribution >= 0.6 is 0 Å². The number of amides is 1. The van der Waals surface area contributed by atoms with Gasteiger partial charge in [0.05, 0.1) is 53.2 Å². The van der Waals surface area contributed by atoms with Crippen molar-refractivity contribution in [2.75, 3.05) is 59.0 Å². The van der Waals surface area contributed by atoms with E-state index in [0.29, 0.717) is 24.6 Å². The summed E-state index contributed by atoms with van der Waals surface area (Å²) in [6.45, 7) is 4.59. The van der Waals surface area contributed by atoms with Crippen molar-refractivity contribution < 1.29 is 23.9 Å². The number of benzene rings is 2. The van der Waals surface area contributed by atoms with Gasteiger partial charge in [-0.1, -0.05) is 18.2 Å². The fourth-order valence-corrected chi connectivity index (χ4v) is 3.61. The third kappa shape index (κ3) is 5.32. The minimum absolute atomic E-state index is 0.0560. The lowest BCUT2D eigenvalue weighted by Gasteiger charge is -2.34. The Bertz CT molecular complexity index is 819. The number of methoxy groups -OCH3 is 3. The number of para-hydroxylation sites is 2. The molecule has 1 heterocycles. The van der Waals surface area contributed by atoms with E-state index in [1.807, 2.05) is 36.4 Å². The summed E-state index contributed by atoms with van der Waals surface area (Å²) in [6, 6.07) is 13.7. The maximum absolute atomic E-state index is 12.4. The number of hydrogen-bond donors (Lipinski definition) is 2. The smallest absolute Gasteiger partial charge is 0.275 e. The summed E-state index contributed by atoms with van der Waals surface area (Å²) in [5.41, 5.74) is 2.10. The van der Waals surface area contributed by atoms with Gasteiger partial charge in [-0.05, 0) is 29.8 Å². The highest BCUT2D eigenvalue weighted by Crippen LogP contribution is 2.28. The number of anilines is 1. The third-order valence-electron chi connectivity index (χ3n) is 5.24. The highest BCUT2D eigenvalue weighted by molar-refractivity contribution is 5.76. The van der Waals surface area contributed by atoms with Crippen LogP contribution in [0.15, 0.2) is 42.5 Å². The molecular formula is C22H30N3O4+. The highest BCUT2D eigenvalue weighted by atomic mass is 16.5. The predicted octanol–water partition coefficient (Wildman–Crippen LogP) is 0.734. The van der Waals surface area contributed by atoms with Crippen LogP contribution in [-0.2, 0) is 11.3 Å². The SMILES string of the molecule is COc1ccc(CNC(=O)C[NH+]2CCN(c3ccccc3OC)CC2)cc1OC. The highest BCUT2D eigenvalue weighted by Gasteiger charge is 2.23. The minimum Gasteiger partial charge on any atom is -0.495 e. The molecule has 29 heavy (non-hydrogen) atoms. The standard InChI is InChI=1S/C22H29N3O4/c1-27-19-7-5-4-6-18(19)25-12-10-24(11-13-25)16-22(26)23-15-17-8-9-20(28-2)21(14-17)29-3/h4-9,14H,10-13,15-16H2,1-3H3,(H,23,26)/p+1. The van der Waals surface area contributed by atoms with E-state index >= 15 is 0 Å². The first-order valence-electron chi connectivity index (χ1n) is 9.83. The van der Waals surface area contributed by atoms with Crippen molar-refractivity contribution in [1.29, 1.82) is 0 Å². The molecule has 0 saturated carbocycles. The van der Waals surface area contributed by atoms with Crippen molar-refractivity contribution in [3.8, 4) is 17.2 Å². The first-order chi connectivity index (χ1) is 14.1. The molecule has 1 aliphatic heterocycles. The number of carbonyl (C=O) groups excluding carboxylic acids is 1. The molecule has 0 radical (unpaired) electrons. The Kier molecular flexibility index (Phi) is 7.19. The zero-order valence-electron chi connectivity index (χ0n) is 17.4. The van der Waals surface area contributed by atoms with Gasteiger partial charge in [0.15, 0.2) is 18.0 Å². The summed E-state index contributed by atoms with van der Waals surface area (Å²) < 4.78 is 16.0. The van der Waals surface area contributed by atoms with E-state index in [2.05, 4.69) is 16.3 Å². The number of nitrogens with one attached hydrogen (secondary N) is 2. The molecule has 1 fully saturated rings. The summed E-state index contributed by atoms with van der Waals surface area (Å²) in [4.78, 5) is 16.0. The van der Waals surface area contributed by atoms with Gasteiger partial charge >= 0.3 is 0 Å². The van der Waals surface area contributed by atoms with E-state index in [4.69, 9.17) is 14.2 Å². The number of nitrogens with zero attached hydrogens (tertiary/aromatic N) is 1. The van der Waals surface area contributed by atoms with Gasteiger partial charge in [-0.3, -0.25) is 4.79 Å². The maximum Gasteiger partial charge on any atom is 0.275 e. The molecule has 0 unspecified atom stereocenters. The van der Waals surface area contributed by atoms with Gasteiger partial charge in [-0.25, -0.2) is 0 Å². The lowest BCUT2D eigenvalue weighted by Crippen LogP contribution is -3.15. The average Bonchev–Trinajstić information content (AvgIpc) is 2.78. The lowest BCUT2D eigenvalue weighted by atomic mass is 10.2. The van der Waals surface area contributed by atoms with E-state index in [1.165, 1.54) is 4.90 Å². The number of carbonyl (C=O) groups is 1. The summed E-state index contributed by atoms with van der Waals surface area (Å²) in [5.74, 6) is 2.29. The van der Waals surface area contributed by atoms with Gasteiger partial charge in [0.2, 0.25) is 0 Å². The van der Waals surface area contributed by atoms with Gasteiger partial charge in [0.25, 0.3) is 5.91 Å². The molecule has 0 bridgehead atoms. The molecule has 3 rings (SSSR count). The molecule has 0 aromatic heterocycles. The van der Waals surface area contributed by atoms with Gasteiger partial charge in [0.1, 0.15) is 5.75 Å². The van der Waals surface area contributed by atoms with E-state index < -0.39 is 0 Å². The Balaban J connectivity index is 1.46. The van der Waals surface area contributed by atoms with Gasteiger partial charge in [-0.2, -0.15) is 0 Å². The topological polar surface area (TPSA) is 64.5 Å². The number of quaternary nitrogens is 1. The first kappa shape index (κ1) is 20.8. The molecule has 2 aromatic carbocycles. The van der Waals surface area contributed by atoms with Crippen LogP contribution in [0, 0.1) is 0 Å². The quantitative estimate of drug-likeness (QED) is 0.684. The van der Waals surface area contributed by atoms with Crippen molar-refractivity contribution in [2.24, 2.45) is 0 Å². The van der Waals surface area contributed by atoms with Crippen molar-refractivity contribution >= 4 is 11.6 Å². The lowest BCUT2D eigenvalue weighted by molar-refractivity contribution is -0.892. The van der Waals surface area contributed by atoms with Crippen LogP contribution in [-0.4, -0.2) is 60.0 Å². The molecule has 2 N–H and O–H groups in total. The second-order valence-electron chi connectivity index (χ2n) is 7.05. The zero-order valence-corrected chi connectivity index (χ0v) is 17.4. The third-order valence-corrected chi connectivity index (χ3v) is 5.24. The Morgan fingerprint density at radius 1 is 0.966 bits per heavy atom. The molecule has 1 amide bonds. The van der Waals surface area contributed by atoms with Gasteiger partial charge in [0, 0.05) is 6.54 Å². The molecule has 2 aromatic rings. The molecule has 156 valence electrons. The van der Waals surface area contributed by atoms with Crippen LogP contribution in [0.25, 0.3) is 0 Å². The second kappa shape index (κ2) is 10.0. The van der Waals surface area contributed by atoms with E-state index in [1.54, 1.807) is 21.3 Å². The van der Waals surface area contributed by atoms with Crippen LogP contribution < -0.4 is 29.3 Å². The van der Waals surface area contributed by atoms with E-state index in [9.17, 15) is 4.79 Å². The fraction of sp³-hybridized carbons (Fsp3) is 0.409. The van der Waals surface area contributed by atoms with Crippen LogP contribution in [0.3, 0.4) is 0 Å². The molecule has 1 aliphatic rings. The van der Waals surface area contributed by atoms with Gasteiger partial charge < -0.3 is 29.3 Å². The minimum atomic E-state index is 0.0560. The fourth-order valence-electron chi connectivity index (χ4n) is 3.61. The zero-order chi connectivity index (χ0) is 20.6. The van der Waals surface area contributed by atoms with E-state index in [0.717, 1.165) is 43.2 Å². The summed E-state index contributed by atoms with van der Waals surface area (Å²) >= 11 is 0. The summed E-state index contributed by atoms with van der Waals surface area (Å²) in [7, 11) is 4.91. The van der Waals surface area contributed by atoms with E-state index in [-0.39, 0.29) is 5.91 Å². The van der Waals surface area contributed by atoms with Crippen molar-refractivity contribution in [3.05, 3.63) is 48.0 Å². The number of hydrogen-bond acceptors (Lipinski definition) is 5. The monoisotopic (exact) mass is 400 g/mol. The molecule has 1 saturated heterocycles. The second-order valence-corrected chi connectivity index (χ2v) is 7.05. The predicted molar refractivity (Wildman–Crippen MR) is 112 cm³/mol. The first-order valence-corrected chi connectivity index (χ1v) is 9.83. The molecular weight excluding hydrogens is 370 g/mol. The number of rotatable bonds is 8. The Morgan fingerprint density at radius 2 is 1.66 bits per heavy atom. The Morgan fingerprint density at radius 3 is 2.34 bits per heavy atom.